The molecule has 3 nitrogen and oxygen atoms in total. The van der Waals surface area contributed by atoms with Crippen LogP contribution in [0.5, 0.6) is 5.75 Å². The molecule has 2 aromatic rings. The maximum absolute atomic E-state index is 14.0. The van der Waals surface area contributed by atoms with Gasteiger partial charge in [0.2, 0.25) is 0 Å². The minimum atomic E-state index is -0.667. The number of ether oxygens (including phenoxy) is 1. The van der Waals surface area contributed by atoms with Gasteiger partial charge in [0.15, 0.2) is 0 Å². The fraction of sp³-hybridized carbons (Fsp3) is 0.333. The molecule has 0 aliphatic heterocycles. The summed E-state index contributed by atoms with van der Waals surface area (Å²) < 4.78 is 38.2. The predicted octanol–water partition coefficient (Wildman–Crippen LogP) is 3.73. The van der Waals surface area contributed by atoms with E-state index in [0.29, 0.717) is 17.9 Å². The smallest absolute Gasteiger partial charge is 0.137 e. The van der Waals surface area contributed by atoms with Crippen LogP contribution in [0, 0.1) is 11.6 Å². The zero-order valence-electron chi connectivity index (χ0n) is 11.5. The molecule has 0 spiro atoms. The van der Waals surface area contributed by atoms with Gasteiger partial charge in [-0.05, 0) is 19.0 Å². The highest BCUT2D eigenvalue weighted by molar-refractivity contribution is 5.67. The number of furan rings is 1. The van der Waals surface area contributed by atoms with Gasteiger partial charge in [-0.3, -0.25) is 0 Å². The van der Waals surface area contributed by atoms with E-state index in [4.69, 9.17) is 9.15 Å². The van der Waals surface area contributed by atoms with Gasteiger partial charge in [0, 0.05) is 17.7 Å². The molecule has 0 bridgehead atoms. The molecular weight excluding hydrogens is 264 g/mol. The Hall–Kier alpha value is -1.88. The minimum Gasteiger partial charge on any atom is -0.497 e. The van der Waals surface area contributed by atoms with Gasteiger partial charge in [-0.15, -0.1) is 0 Å². The van der Waals surface area contributed by atoms with Crippen LogP contribution in [-0.4, -0.2) is 13.7 Å². The molecule has 0 saturated carbocycles. The molecule has 2 rings (SSSR count). The summed E-state index contributed by atoms with van der Waals surface area (Å²) in [5.74, 6) is -0.667. The molecule has 1 N–H and O–H groups in total. The fourth-order valence-corrected chi connectivity index (χ4v) is 2.00. The lowest BCUT2D eigenvalue weighted by Gasteiger charge is -2.08. The van der Waals surface area contributed by atoms with Crippen LogP contribution in [0.3, 0.4) is 0 Å². The van der Waals surface area contributed by atoms with Crippen molar-refractivity contribution in [2.75, 3.05) is 13.7 Å². The van der Waals surface area contributed by atoms with E-state index >= 15 is 0 Å². The first-order valence-corrected chi connectivity index (χ1v) is 6.47. The summed E-state index contributed by atoms with van der Waals surface area (Å²) in [6, 6.07) is 3.89. The molecule has 0 aliphatic carbocycles. The Kier molecular flexibility index (Phi) is 4.74. The van der Waals surface area contributed by atoms with E-state index in [1.165, 1.54) is 13.4 Å². The third kappa shape index (κ3) is 2.99. The van der Waals surface area contributed by atoms with Crippen LogP contribution in [-0.2, 0) is 6.54 Å². The van der Waals surface area contributed by atoms with Crippen LogP contribution in [0.15, 0.2) is 28.9 Å². The van der Waals surface area contributed by atoms with Gasteiger partial charge in [-0.25, -0.2) is 8.78 Å². The Balaban J connectivity index is 2.34. The number of hydrogen-bond acceptors (Lipinski definition) is 3. The minimum absolute atomic E-state index is 0.0900. The first kappa shape index (κ1) is 14.5. The number of methoxy groups -OCH3 is 1. The number of halogens is 2. The molecule has 5 heteroatoms. The molecule has 0 fully saturated rings. The number of hydrogen-bond donors (Lipinski definition) is 1. The number of benzene rings is 1. The first-order valence-electron chi connectivity index (χ1n) is 6.47. The largest absolute Gasteiger partial charge is 0.497 e. The summed E-state index contributed by atoms with van der Waals surface area (Å²) in [5, 5.41) is 3.15. The molecule has 0 saturated heterocycles. The van der Waals surface area contributed by atoms with Crippen LogP contribution in [0.4, 0.5) is 8.78 Å². The topological polar surface area (TPSA) is 34.4 Å². The van der Waals surface area contributed by atoms with Crippen molar-refractivity contribution in [3.05, 3.63) is 41.9 Å². The van der Waals surface area contributed by atoms with Crippen LogP contribution in [0.1, 0.15) is 19.1 Å². The second-order valence-corrected chi connectivity index (χ2v) is 4.40. The van der Waals surface area contributed by atoms with Gasteiger partial charge >= 0.3 is 0 Å². The standard InChI is InChI=1S/C15H17F2NO2/c1-3-5-18-9-14-11(4-6-20-14)15-12(16)7-10(19-2)8-13(15)17/h4,6-8,18H,3,5,9H2,1-2H3. The van der Waals surface area contributed by atoms with Crippen molar-refractivity contribution in [2.45, 2.75) is 19.9 Å². The SMILES string of the molecule is CCCNCc1occc1-c1c(F)cc(OC)cc1F. The molecule has 1 aromatic heterocycles. The van der Waals surface area contributed by atoms with Crippen molar-refractivity contribution >= 4 is 0 Å². The monoisotopic (exact) mass is 281 g/mol. The van der Waals surface area contributed by atoms with E-state index in [2.05, 4.69) is 5.32 Å². The zero-order valence-corrected chi connectivity index (χ0v) is 11.5. The molecule has 108 valence electrons. The molecule has 0 atom stereocenters. The molecule has 20 heavy (non-hydrogen) atoms. The van der Waals surface area contributed by atoms with Crippen molar-refractivity contribution < 1.29 is 17.9 Å². The average Bonchev–Trinajstić information content (AvgIpc) is 2.86. The lowest BCUT2D eigenvalue weighted by molar-refractivity contribution is 0.407. The summed E-state index contributed by atoms with van der Waals surface area (Å²) in [4.78, 5) is 0. The normalized spacial score (nSPS) is 10.8. The van der Waals surface area contributed by atoms with Crippen molar-refractivity contribution in [1.29, 1.82) is 0 Å². The average molecular weight is 281 g/mol. The molecule has 0 aliphatic rings. The van der Waals surface area contributed by atoms with E-state index in [9.17, 15) is 8.78 Å². The fourth-order valence-electron chi connectivity index (χ4n) is 2.00. The summed E-state index contributed by atoms with van der Waals surface area (Å²) in [5.41, 5.74) is 0.333. The molecule has 1 aromatic carbocycles. The Morgan fingerprint density at radius 1 is 1.25 bits per heavy atom. The van der Waals surface area contributed by atoms with Crippen molar-refractivity contribution in [1.82, 2.24) is 5.32 Å². The Morgan fingerprint density at radius 2 is 1.95 bits per heavy atom. The lowest BCUT2D eigenvalue weighted by Crippen LogP contribution is -2.13. The summed E-state index contributed by atoms with van der Waals surface area (Å²) in [6.45, 7) is 3.29. The molecule has 0 unspecified atom stereocenters. The van der Waals surface area contributed by atoms with E-state index in [0.717, 1.165) is 25.1 Å². The second kappa shape index (κ2) is 6.52. The van der Waals surface area contributed by atoms with Gasteiger partial charge in [0.25, 0.3) is 0 Å². The summed E-state index contributed by atoms with van der Waals surface area (Å²) in [6.07, 6.45) is 2.41. The van der Waals surface area contributed by atoms with Crippen LogP contribution >= 0.6 is 0 Å². The first-order chi connectivity index (χ1) is 9.67. The second-order valence-electron chi connectivity index (χ2n) is 4.40. The van der Waals surface area contributed by atoms with Gasteiger partial charge < -0.3 is 14.5 Å². The molecule has 1 heterocycles. The van der Waals surface area contributed by atoms with Crippen molar-refractivity contribution in [3.8, 4) is 16.9 Å². The predicted molar refractivity (Wildman–Crippen MR) is 72.6 cm³/mol. The van der Waals surface area contributed by atoms with Crippen LogP contribution < -0.4 is 10.1 Å². The summed E-state index contributed by atoms with van der Waals surface area (Å²) >= 11 is 0. The maximum Gasteiger partial charge on any atom is 0.137 e. The molecule has 0 radical (unpaired) electrons. The van der Waals surface area contributed by atoms with Crippen molar-refractivity contribution in [3.63, 3.8) is 0 Å². The van der Waals surface area contributed by atoms with Gasteiger partial charge in [-0.2, -0.15) is 0 Å². The highest BCUT2D eigenvalue weighted by Crippen LogP contribution is 2.32. The van der Waals surface area contributed by atoms with Crippen LogP contribution in [0.25, 0.3) is 11.1 Å². The Morgan fingerprint density at radius 3 is 2.55 bits per heavy atom. The van der Waals surface area contributed by atoms with E-state index in [-0.39, 0.29) is 11.3 Å². The Bertz CT molecular complexity index is 558. The highest BCUT2D eigenvalue weighted by Gasteiger charge is 2.18. The molecule has 0 amide bonds. The highest BCUT2D eigenvalue weighted by atomic mass is 19.1. The van der Waals surface area contributed by atoms with Gasteiger partial charge in [0.05, 0.1) is 25.5 Å². The Labute approximate surface area is 116 Å². The van der Waals surface area contributed by atoms with Gasteiger partial charge in [0.1, 0.15) is 23.1 Å². The molecular formula is C15H17F2NO2. The van der Waals surface area contributed by atoms with Gasteiger partial charge in [-0.1, -0.05) is 6.92 Å². The van der Waals surface area contributed by atoms with E-state index in [1.54, 1.807) is 6.07 Å². The number of rotatable bonds is 6. The lowest BCUT2D eigenvalue weighted by atomic mass is 10.0. The maximum atomic E-state index is 14.0. The van der Waals surface area contributed by atoms with Crippen molar-refractivity contribution in [2.24, 2.45) is 0 Å². The van der Waals surface area contributed by atoms with Crippen LogP contribution in [0.2, 0.25) is 0 Å². The zero-order chi connectivity index (χ0) is 14.5. The number of nitrogens with one attached hydrogen (secondary N) is 1. The quantitative estimate of drug-likeness (QED) is 0.819. The van der Waals surface area contributed by atoms with E-state index < -0.39 is 11.6 Å². The third-order valence-corrected chi connectivity index (χ3v) is 2.98. The van der Waals surface area contributed by atoms with E-state index in [1.807, 2.05) is 6.92 Å². The third-order valence-electron chi connectivity index (χ3n) is 2.98. The summed E-state index contributed by atoms with van der Waals surface area (Å²) in [7, 11) is 1.37.